The molecule has 4 N–H and O–H groups in total. The van der Waals surface area contributed by atoms with Crippen LogP contribution >= 0.6 is 23.2 Å². The molecule has 118 valence electrons. The SMILES string of the molecule is Nc1ccc2ccc(-c3ccc4ccc(Cl)c(N)c4c3)cc2c1Cl. The fourth-order valence-electron chi connectivity index (χ4n) is 2.98. The minimum atomic E-state index is 0.564. The predicted molar refractivity (Wildman–Crippen MR) is 106 cm³/mol. The van der Waals surface area contributed by atoms with E-state index in [0.717, 1.165) is 32.7 Å². The van der Waals surface area contributed by atoms with E-state index in [2.05, 4.69) is 24.3 Å². The van der Waals surface area contributed by atoms with Crippen LogP contribution in [0, 0.1) is 0 Å². The Balaban J connectivity index is 1.95. The van der Waals surface area contributed by atoms with Crippen LogP contribution in [-0.4, -0.2) is 0 Å². The second kappa shape index (κ2) is 5.59. The lowest BCUT2D eigenvalue weighted by atomic mass is 9.98. The fourth-order valence-corrected chi connectivity index (χ4v) is 3.37. The molecule has 0 unspecified atom stereocenters. The first kappa shape index (κ1) is 15.1. The third-order valence-electron chi connectivity index (χ3n) is 4.33. The Hall–Kier alpha value is -2.42. The van der Waals surface area contributed by atoms with Crippen molar-refractivity contribution in [2.45, 2.75) is 0 Å². The number of anilines is 2. The predicted octanol–water partition coefficient (Wildman–Crippen LogP) is 6.13. The van der Waals surface area contributed by atoms with Gasteiger partial charge in [-0.2, -0.15) is 0 Å². The monoisotopic (exact) mass is 352 g/mol. The second-order valence-corrected chi connectivity index (χ2v) is 6.59. The average Bonchev–Trinajstić information content (AvgIpc) is 2.61. The van der Waals surface area contributed by atoms with Gasteiger partial charge in [0.15, 0.2) is 0 Å². The largest absolute Gasteiger partial charge is 0.398 e. The van der Waals surface area contributed by atoms with Gasteiger partial charge in [0.05, 0.1) is 21.4 Å². The van der Waals surface area contributed by atoms with Gasteiger partial charge in [-0.3, -0.25) is 0 Å². The van der Waals surface area contributed by atoms with Crippen molar-refractivity contribution in [2.75, 3.05) is 11.5 Å². The van der Waals surface area contributed by atoms with Crippen molar-refractivity contribution in [2.24, 2.45) is 0 Å². The van der Waals surface area contributed by atoms with Gasteiger partial charge in [0.25, 0.3) is 0 Å². The van der Waals surface area contributed by atoms with Crippen molar-refractivity contribution in [3.05, 3.63) is 70.7 Å². The Bertz CT molecular complexity index is 1010. The summed E-state index contributed by atoms with van der Waals surface area (Å²) < 4.78 is 0. The molecule has 2 nitrogen and oxygen atoms in total. The quantitative estimate of drug-likeness (QED) is 0.404. The van der Waals surface area contributed by atoms with Gasteiger partial charge in [-0.1, -0.05) is 59.6 Å². The number of hydrogen-bond acceptors (Lipinski definition) is 2. The molecule has 4 aromatic carbocycles. The number of fused-ring (bicyclic) bond motifs is 2. The second-order valence-electron chi connectivity index (χ2n) is 5.80. The van der Waals surface area contributed by atoms with Crippen molar-refractivity contribution < 1.29 is 0 Å². The Labute approximate surface area is 149 Å². The molecule has 4 aromatic rings. The molecule has 0 aliphatic heterocycles. The molecule has 4 rings (SSSR count). The van der Waals surface area contributed by atoms with Gasteiger partial charge in [0.1, 0.15) is 0 Å². The maximum Gasteiger partial charge on any atom is 0.0713 e. The zero-order chi connectivity index (χ0) is 16.8. The maximum atomic E-state index is 6.36. The molecule has 0 aliphatic carbocycles. The third-order valence-corrected chi connectivity index (χ3v) is 5.08. The average molecular weight is 353 g/mol. The molecule has 0 radical (unpaired) electrons. The Morgan fingerprint density at radius 2 is 1.17 bits per heavy atom. The topological polar surface area (TPSA) is 52.0 Å². The van der Waals surface area contributed by atoms with E-state index in [1.165, 1.54) is 0 Å². The molecule has 24 heavy (non-hydrogen) atoms. The van der Waals surface area contributed by atoms with Gasteiger partial charge in [-0.05, 0) is 46.2 Å². The molecular weight excluding hydrogens is 339 g/mol. The van der Waals surface area contributed by atoms with Gasteiger partial charge in [-0.25, -0.2) is 0 Å². The van der Waals surface area contributed by atoms with Crippen LogP contribution < -0.4 is 11.5 Å². The minimum absolute atomic E-state index is 0.564. The number of halogens is 2. The first-order valence-electron chi connectivity index (χ1n) is 7.50. The van der Waals surface area contributed by atoms with Gasteiger partial charge in [-0.15, -0.1) is 0 Å². The molecule has 0 heterocycles. The Morgan fingerprint density at radius 1 is 0.625 bits per heavy atom. The molecule has 4 heteroatoms. The first-order valence-corrected chi connectivity index (χ1v) is 8.26. The summed E-state index contributed by atoms with van der Waals surface area (Å²) in [5, 5.41) is 5.14. The standard InChI is InChI=1S/C20H14Cl2N2/c21-17-7-5-12-2-4-14(10-16(12)20(17)24)13-3-1-11-6-8-18(23)19(22)15(11)9-13/h1-10H,23-24H2. The molecule has 0 spiro atoms. The molecule has 0 atom stereocenters. The lowest BCUT2D eigenvalue weighted by Gasteiger charge is -2.10. The minimum Gasteiger partial charge on any atom is -0.398 e. The summed E-state index contributed by atoms with van der Waals surface area (Å²) in [6.07, 6.45) is 0. The lowest BCUT2D eigenvalue weighted by Crippen LogP contribution is -1.90. The van der Waals surface area contributed by atoms with Crippen LogP contribution in [0.5, 0.6) is 0 Å². The highest BCUT2D eigenvalue weighted by atomic mass is 35.5. The fraction of sp³-hybridized carbons (Fsp3) is 0. The van der Waals surface area contributed by atoms with Crippen LogP contribution in [0.1, 0.15) is 0 Å². The van der Waals surface area contributed by atoms with E-state index in [1.807, 2.05) is 36.4 Å². The molecular formula is C20H14Cl2N2. The van der Waals surface area contributed by atoms with Crippen molar-refractivity contribution in [3.63, 3.8) is 0 Å². The summed E-state index contributed by atoms with van der Waals surface area (Å²) in [6.45, 7) is 0. The van der Waals surface area contributed by atoms with Gasteiger partial charge < -0.3 is 11.5 Å². The van der Waals surface area contributed by atoms with E-state index in [9.17, 15) is 0 Å². The molecule has 0 saturated heterocycles. The third kappa shape index (κ3) is 2.35. The van der Waals surface area contributed by atoms with Gasteiger partial charge in [0.2, 0.25) is 0 Å². The van der Waals surface area contributed by atoms with E-state index >= 15 is 0 Å². The summed E-state index contributed by atoms with van der Waals surface area (Å²) in [7, 11) is 0. The van der Waals surface area contributed by atoms with Crippen LogP contribution in [-0.2, 0) is 0 Å². The number of nitrogens with two attached hydrogens (primary N) is 2. The molecule has 0 amide bonds. The van der Waals surface area contributed by atoms with Crippen molar-refractivity contribution in [1.82, 2.24) is 0 Å². The smallest absolute Gasteiger partial charge is 0.0713 e. The van der Waals surface area contributed by atoms with Crippen LogP contribution in [0.4, 0.5) is 11.4 Å². The van der Waals surface area contributed by atoms with Crippen LogP contribution in [0.25, 0.3) is 32.7 Å². The summed E-state index contributed by atoms with van der Waals surface area (Å²) in [4.78, 5) is 0. The Kier molecular flexibility index (Phi) is 3.52. The highest BCUT2D eigenvalue weighted by Gasteiger charge is 2.08. The highest BCUT2D eigenvalue weighted by Crippen LogP contribution is 2.35. The van der Waals surface area contributed by atoms with E-state index in [0.29, 0.717) is 21.4 Å². The summed E-state index contributed by atoms with van der Waals surface area (Å²) in [5.74, 6) is 0. The molecule has 0 aromatic heterocycles. The lowest BCUT2D eigenvalue weighted by molar-refractivity contribution is 1.66. The number of rotatable bonds is 1. The normalized spacial score (nSPS) is 11.2. The highest BCUT2D eigenvalue weighted by molar-refractivity contribution is 6.38. The Morgan fingerprint density at radius 3 is 1.88 bits per heavy atom. The van der Waals surface area contributed by atoms with E-state index in [-0.39, 0.29) is 0 Å². The van der Waals surface area contributed by atoms with E-state index in [4.69, 9.17) is 34.7 Å². The number of hydrogen-bond donors (Lipinski definition) is 2. The maximum absolute atomic E-state index is 6.36. The molecule has 0 bridgehead atoms. The number of benzene rings is 4. The van der Waals surface area contributed by atoms with Gasteiger partial charge >= 0.3 is 0 Å². The summed E-state index contributed by atoms with van der Waals surface area (Å²) in [5.41, 5.74) is 15.3. The summed E-state index contributed by atoms with van der Waals surface area (Å²) >= 11 is 12.5. The molecule has 0 aliphatic rings. The van der Waals surface area contributed by atoms with Crippen molar-refractivity contribution in [1.29, 1.82) is 0 Å². The number of nitrogen functional groups attached to an aromatic ring is 2. The van der Waals surface area contributed by atoms with Crippen molar-refractivity contribution in [3.8, 4) is 11.1 Å². The molecule has 0 fully saturated rings. The van der Waals surface area contributed by atoms with E-state index in [1.54, 1.807) is 0 Å². The zero-order valence-corrected chi connectivity index (χ0v) is 14.2. The van der Waals surface area contributed by atoms with E-state index < -0.39 is 0 Å². The summed E-state index contributed by atoms with van der Waals surface area (Å²) in [6, 6.07) is 19.9. The van der Waals surface area contributed by atoms with Crippen molar-refractivity contribution >= 4 is 56.1 Å². The zero-order valence-electron chi connectivity index (χ0n) is 12.7. The first-order chi connectivity index (χ1) is 11.5. The van der Waals surface area contributed by atoms with Gasteiger partial charge in [0, 0.05) is 10.8 Å². The van der Waals surface area contributed by atoms with Crippen LogP contribution in [0.3, 0.4) is 0 Å². The molecule has 0 saturated carbocycles. The van der Waals surface area contributed by atoms with Crippen LogP contribution in [0.2, 0.25) is 10.0 Å². The van der Waals surface area contributed by atoms with Crippen LogP contribution in [0.15, 0.2) is 60.7 Å².